The number of rotatable bonds is 3. The lowest BCUT2D eigenvalue weighted by Crippen LogP contribution is -2.16. The Bertz CT molecular complexity index is 477. The topological polar surface area (TPSA) is 60.0 Å². The third kappa shape index (κ3) is 2.31. The van der Waals surface area contributed by atoms with E-state index in [1.165, 1.54) is 0 Å². The molecule has 2 aromatic rings. The van der Waals surface area contributed by atoms with Crippen LogP contribution in [0.4, 0.5) is 11.4 Å². The average molecular weight is 217 g/mol. The van der Waals surface area contributed by atoms with Crippen LogP contribution in [-0.2, 0) is 13.6 Å². The van der Waals surface area contributed by atoms with E-state index in [1.807, 2.05) is 32.6 Å². The lowest BCUT2D eigenvalue weighted by atomic mass is 10.3. The summed E-state index contributed by atoms with van der Waals surface area (Å²) in [5.74, 6) is 0. The number of aromatic nitrogens is 3. The molecule has 0 aliphatic heterocycles. The molecule has 2 heterocycles. The zero-order valence-corrected chi connectivity index (χ0v) is 9.46. The Kier molecular flexibility index (Phi) is 2.76. The molecule has 0 saturated heterocycles. The van der Waals surface area contributed by atoms with Gasteiger partial charge in [-0.2, -0.15) is 5.10 Å². The van der Waals surface area contributed by atoms with Gasteiger partial charge in [-0.15, -0.1) is 0 Å². The summed E-state index contributed by atoms with van der Waals surface area (Å²) in [6.07, 6.45) is 7.29. The molecule has 16 heavy (non-hydrogen) atoms. The molecule has 5 nitrogen and oxygen atoms in total. The van der Waals surface area contributed by atoms with Crippen LogP contribution >= 0.6 is 0 Å². The summed E-state index contributed by atoms with van der Waals surface area (Å²) in [5.41, 5.74) is 8.53. The Morgan fingerprint density at radius 3 is 2.81 bits per heavy atom. The Balaban J connectivity index is 2.11. The van der Waals surface area contributed by atoms with Gasteiger partial charge in [0, 0.05) is 38.6 Å². The summed E-state index contributed by atoms with van der Waals surface area (Å²) < 4.78 is 1.79. The molecule has 0 unspecified atom stereocenters. The molecule has 0 fully saturated rings. The second kappa shape index (κ2) is 4.22. The number of hydrogen-bond acceptors (Lipinski definition) is 4. The van der Waals surface area contributed by atoms with Gasteiger partial charge in [-0.05, 0) is 6.07 Å². The maximum atomic E-state index is 5.69. The van der Waals surface area contributed by atoms with Crippen LogP contribution in [0.5, 0.6) is 0 Å². The molecule has 0 aromatic carbocycles. The van der Waals surface area contributed by atoms with E-state index in [0.29, 0.717) is 5.69 Å². The van der Waals surface area contributed by atoms with Crippen molar-refractivity contribution in [2.45, 2.75) is 6.54 Å². The molecule has 0 saturated carbocycles. The number of anilines is 2. The van der Waals surface area contributed by atoms with Crippen molar-refractivity contribution in [3.63, 3.8) is 0 Å². The summed E-state index contributed by atoms with van der Waals surface area (Å²) >= 11 is 0. The molecule has 0 spiro atoms. The lowest BCUT2D eigenvalue weighted by Gasteiger charge is -2.18. The van der Waals surface area contributed by atoms with Crippen molar-refractivity contribution in [2.24, 2.45) is 7.05 Å². The Morgan fingerprint density at radius 2 is 2.19 bits per heavy atom. The number of pyridine rings is 1. The molecule has 0 atom stereocenters. The first-order valence-electron chi connectivity index (χ1n) is 5.04. The van der Waals surface area contributed by atoms with Crippen molar-refractivity contribution in [3.8, 4) is 0 Å². The van der Waals surface area contributed by atoms with Gasteiger partial charge in [0.05, 0.1) is 23.8 Å². The van der Waals surface area contributed by atoms with Crippen LogP contribution in [0, 0.1) is 0 Å². The molecule has 0 bridgehead atoms. The highest BCUT2D eigenvalue weighted by Crippen LogP contribution is 2.16. The number of nitrogens with two attached hydrogens (primary N) is 1. The van der Waals surface area contributed by atoms with Crippen LogP contribution in [0.25, 0.3) is 0 Å². The lowest BCUT2D eigenvalue weighted by molar-refractivity contribution is 0.766. The van der Waals surface area contributed by atoms with Crippen LogP contribution in [0.15, 0.2) is 30.9 Å². The fourth-order valence-corrected chi connectivity index (χ4v) is 1.57. The van der Waals surface area contributed by atoms with Gasteiger partial charge >= 0.3 is 0 Å². The van der Waals surface area contributed by atoms with E-state index in [2.05, 4.69) is 15.0 Å². The largest absolute Gasteiger partial charge is 0.397 e. The summed E-state index contributed by atoms with van der Waals surface area (Å²) in [6, 6.07) is 1.91. The SMILES string of the molecule is CN(Cc1cnn(C)c1)c1cncc(N)c1. The first-order valence-corrected chi connectivity index (χ1v) is 5.04. The first kappa shape index (κ1) is 10.5. The van der Waals surface area contributed by atoms with Crippen molar-refractivity contribution in [3.05, 3.63) is 36.4 Å². The summed E-state index contributed by atoms with van der Waals surface area (Å²) in [7, 11) is 3.91. The van der Waals surface area contributed by atoms with Gasteiger partial charge in [0.1, 0.15) is 0 Å². The number of hydrogen-bond donors (Lipinski definition) is 1. The molecule has 0 aliphatic rings. The van der Waals surface area contributed by atoms with Crippen molar-refractivity contribution < 1.29 is 0 Å². The first-order chi connectivity index (χ1) is 7.65. The van der Waals surface area contributed by atoms with Crippen molar-refractivity contribution in [1.82, 2.24) is 14.8 Å². The van der Waals surface area contributed by atoms with E-state index in [1.54, 1.807) is 17.1 Å². The highest BCUT2D eigenvalue weighted by Gasteiger charge is 2.04. The molecule has 84 valence electrons. The molecule has 0 radical (unpaired) electrons. The van der Waals surface area contributed by atoms with E-state index in [-0.39, 0.29) is 0 Å². The summed E-state index contributed by atoms with van der Waals surface area (Å²) in [5, 5.41) is 4.13. The third-order valence-corrected chi connectivity index (χ3v) is 2.36. The Morgan fingerprint density at radius 1 is 1.38 bits per heavy atom. The highest BCUT2D eigenvalue weighted by molar-refractivity contribution is 5.52. The van der Waals surface area contributed by atoms with E-state index in [9.17, 15) is 0 Å². The van der Waals surface area contributed by atoms with E-state index in [4.69, 9.17) is 5.73 Å². The van der Waals surface area contributed by atoms with Crippen LogP contribution in [0.2, 0.25) is 0 Å². The quantitative estimate of drug-likeness (QED) is 0.834. The molecule has 5 heteroatoms. The van der Waals surface area contributed by atoms with Gasteiger partial charge in [0.15, 0.2) is 0 Å². The monoisotopic (exact) mass is 217 g/mol. The van der Waals surface area contributed by atoms with Gasteiger partial charge in [0.2, 0.25) is 0 Å². The second-order valence-electron chi connectivity index (χ2n) is 3.85. The van der Waals surface area contributed by atoms with E-state index >= 15 is 0 Å². The van der Waals surface area contributed by atoms with Crippen molar-refractivity contribution in [2.75, 3.05) is 17.7 Å². The zero-order valence-electron chi connectivity index (χ0n) is 9.46. The smallest absolute Gasteiger partial charge is 0.0573 e. The Hall–Kier alpha value is -2.04. The molecule has 2 rings (SSSR count). The average Bonchev–Trinajstić information content (AvgIpc) is 2.64. The number of aryl methyl sites for hydroxylation is 1. The fraction of sp³-hybridized carbons (Fsp3) is 0.273. The highest BCUT2D eigenvalue weighted by atomic mass is 15.2. The van der Waals surface area contributed by atoms with Crippen molar-refractivity contribution in [1.29, 1.82) is 0 Å². The third-order valence-electron chi connectivity index (χ3n) is 2.36. The molecular weight excluding hydrogens is 202 g/mol. The van der Waals surface area contributed by atoms with Gasteiger partial charge in [0.25, 0.3) is 0 Å². The minimum absolute atomic E-state index is 0.676. The maximum Gasteiger partial charge on any atom is 0.0573 e. The van der Waals surface area contributed by atoms with Crippen LogP contribution < -0.4 is 10.6 Å². The van der Waals surface area contributed by atoms with Crippen LogP contribution in [0.3, 0.4) is 0 Å². The minimum Gasteiger partial charge on any atom is -0.397 e. The fourth-order valence-electron chi connectivity index (χ4n) is 1.57. The predicted octanol–water partition coefficient (Wildman–Crippen LogP) is 1.03. The van der Waals surface area contributed by atoms with Crippen LogP contribution in [-0.4, -0.2) is 21.8 Å². The molecule has 2 N–H and O–H groups in total. The van der Waals surface area contributed by atoms with E-state index < -0.39 is 0 Å². The summed E-state index contributed by atoms with van der Waals surface area (Å²) in [6.45, 7) is 0.791. The van der Waals surface area contributed by atoms with Crippen LogP contribution in [0.1, 0.15) is 5.56 Å². The molecule has 0 amide bonds. The zero-order chi connectivity index (χ0) is 11.5. The van der Waals surface area contributed by atoms with Gasteiger partial charge in [-0.3, -0.25) is 9.67 Å². The Labute approximate surface area is 94.5 Å². The van der Waals surface area contributed by atoms with Gasteiger partial charge in [-0.1, -0.05) is 0 Å². The van der Waals surface area contributed by atoms with Gasteiger partial charge in [-0.25, -0.2) is 0 Å². The molecular formula is C11H15N5. The van der Waals surface area contributed by atoms with Gasteiger partial charge < -0.3 is 10.6 Å². The standard InChI is InChI=1S/C11H15N5/c1-15(7-9-4-14-16(2)8-9)11-3-10(12)5-13-6-11/h3-6,8H,7,12H2,1-2H3. The molecule has 2 aromatic heterocycles. The second-order valence-corrected chi connectivity index (χ2v) is 3.85. The summed E-state index contributed by atoms with van der Waals surface area (Å²) in [4.78, 5) is 6.15. The van der Waals surface area contributed by atoms with E-state index in [0.717, 1.165) is 17.8 Å². The maximum absolute atomic E-state index is 5.69. The number of nitrogen functional groups attached to an aromatic ring is 1. The predicted molar refractivity (Wildman–Crippen MR) is 64.0 cm³/mol. The molecule has 0 aliphatic carbocycles. The normalized spacial score (nSPS) is 10.4. The minimum atomic E-state index is 0.676. The van der Waals surface area contributed by atoms with Crippen molar-refractivity contribution >= 4 is 11.4 Å². The number of nitrogens with zero attached hydrogens (tertiary/aromatic N) is 4.